The molecule has 1 amide bonds. The van der Waals surface area contributed by atoms with Crippen LogP contribution >= 0.6 is 0 Å². The maximum atomic E-state index is 12.7. The van der Waals surface area contributed by atoms with Crippen LogP contribution in [0.15, 0.2) is 48.5 Å². The third kappa shape index (κ3) is 4.45. The topological polar surface area (TPSA) is 52.6 Å². The molecule has 0 radical (unpaired) electrons. The number of carbonyl (C=O) groups is 1. The highest BCUT2D eigenvalue weighted by atomic mass is 16.3. The van der Waals surface area contributed by atoms with Gasteiger partial charge >= 0.3 is 0 Å². The zero-order valence-electron chi connectivity index (χ0n) is 16.4. The summed E-state index contributed by atoms with van der Waals surface area (Å²) in [6, 6.07) is 16.0. The maximum absolute atomic E-state index is 12.7. The highest BCUT2D eigenvalue weighted by Gasteiger charge is 2.23. The van der Waals surface area contributed by atoms with Crippen LogP contribution in [0.1, 0.15) is 52.4 Å². The Morgan fingerprint density at radius 2 is 1.86 bits per heavy atom. The van der Waals surface area contributed by atoms with E-state index in [1.807, 2.05) is 42.5 Å². The Bertz CT molecular complexity index is 798. The number of aryl methyl sites for hydroxylation is 1. The minimum absolute atomic E-state index is 0.0840. The van der Waals surface area contributed by atoms with E-state index in [9.17, 15) is 9.90 Å². The van der Waals surface area contributed by atoms with Gasteiger partial charge in [-0.2, -0.15) is 0 Å². The number of nitrogens with one attached hydrogen (secondary N) is 1. The van der Waals surface area contributed by atoms with Gasteiger partial charge in [-0.25, -0.2) is 0 Å². The summed E-state index contributed by atoms with van der Waals surface area (Å²) in [7, 11) is 0. The van der Waals surface area contributed by atoms with Gasteiger partial charge < -0.3 is 15.3 Å². The van der Waals surface area contributed by atoms with Gasteiger partial charge in [0.1, 0.15) is 0 Å². The molecular formula is C24H30N2O2. The highest BCUT2D eigenvalue weighted by Crippen LogP contribution is 2.25. The summed E-state index contributed by atoms with van der Waals surface area (Å²) >= 11 is 0. The number of likely N-dealkylation sites (tertiary alicyclic amines) is 1. The fourth-order valence-corrected chi connectivity index (χ4v) is 4.56. The molecule has 0 spiro atoms. The average Bonchev–Trinajstić information content (AvgIpc) is 3.22. The largest absolute Gasteiger partial charge is 0.387 e. The number of fused-ring (bicyclic) bond motifs is 1. The first-order chi connectivity index (χ1) is 13.7. The second kappa shape index (κ2) is 8.89. The van der Waals surface area contributed by atoms with E-state index >= 15 is 0 Å². The number of aliphatic hydroxyl groups excluding tert-OH is 1. The minimum atomic E-state index is -0.433. The van der Waals surface area contributed by atoms with Crippen LogP contribution in [-0.4, -0.2) is 42.1 Å². The number of nitrogens with zero attached hydrogens (tertiary/aromatic N) is 1. The van der Waals surface area contributed by atoms with Crippen molar-refractivity contribution in [2.45, 2.75) is 38.2 Å². The molecule has 4 nitrogen and oxygen atoms in total. The van der Waals surface area contributed by atoms with Crippen LogP contribution in [0.25, 0.3) is 0 Å². The van der Waals surface area contributed by atoms with Gasteiger partial charge in [-0.1, -0.05) is 42.5 Å². The van der Waals surface area contributed by atoms with Gasteiger partial charge in [-0.3, -0.25) is 4.79 Å². The van der Waals surface area contributed by atoms with E-state index in [-0.39, 0.29) is 5.91 Å². The molecule has 0 saturated carbocycles. The Morgan fingerprint density at radius 1 is 1.07 bits per heavy atom. The van der Waals surface area contributed by atoms with Gasteiger partial charge in [0.05, 0.1) is 6.10 Å². The third-order valence-electron chi connectivity index (χ3n) is 6.26. The lowest BCUT2D eigenvalue weighted by atomic mass is 9.95. The quantitative estimate of drug-likeness (QED) is 0.811. The van der Waals surface area contributed by atoms with E-state index < -0.39 is 6.10 Å². The molecule has 1 atom stereocenters. The minimum Gasteiger partial charge on any atom is -0.387 e. The van der Waals surface area contributed by atoms with Crippen molar-refractivity contribution in [2.24, 2.45) is 5.92 Å². The number of β-amino-alcohol motifs (C(OH)–C–C–N with tert-alkyl or cyclic N) is 1. The SMILES string of the molecule is O=C(NCC1CCN(C[C@H](O)c2ccccc2)CC1)c1cccc2c1CCC2. The molecule has 2 aliphatic rings. The summed E-state index contributed by atoms with van der Waals surface area (Å²) < 4.78 is 0. The van der Waals surface area contributed by atoms with Crippen LogP contribution in [-0.2, 0) is 12.8 Å². The molecule has 2 aromatic rings. The van der Waals surface area contributed by atoms with Crippen LogP contribution in [0, 0.1) is 5.92 Å². The monoisotopic (exact) mass is 378 g/mol. The standard InChI is InChI=1S/C24H30N2O2/c27-23(20-6-2-1-3-7-20)17-26-14-12-18(13-15-26)16-25-24(28)22-11-5-9-19-8-4-10-21(19)22/h1-3,5-7,9,11,18,23,27H,4,8,10,12-17H2,(H,25,28)/t23-/m0/s1. The lowest BCUT2D eigenvalue weighted by Gasteiger charge is -2.33. The molecule has 1 fully saturated rings. The molecule has 1 heterocycles. The molecule has 1 aliphatic carbocycles. The molecule has 0 unspecified atom stereocenters. The van der Waals surface area contributed by atoms with Crippen molar-refractivity contribution < 1.29 is 9.90 Å². The normalized spacial score (nSPS) is 18.6. The van der Waals surface area contributed by atoms with Gasteiger partial charge in [0.2, 0.25) is 0 Å². The van der Waals surface area contributed by atoms with E-state index in [1.54, 1.807) is 0 Å². The van der Waals surface area contributed by atoms with Crippen molar-refractivity contribution in [2.75, 3.05) is 26.2 Å². The van der Waals surface area contributed by atoms with Gasteiger partial charge in [0, 0.05) is 18.7 Å². The van der Waals surface area contributed by atoms with Gasteiger partial charge in [-0.15, -0.1) is 0 Å². The second-order valence-corrected chi connectivity index (χ2v) is 8.18. The van der Waals surface area contributed by atoms with Crippen LogP contribution in [0.2, 0.25) is 0 Å². The maximum Gasteiger partial charge on any atom is 0.251 e. The van der Waals surface area contributed by atoms with Crippen molar-refractivity contribution in [3.05, 3.63) is 70.8 Å². The molecule has 1 saturated heterocycles. The molecule has 2 aromatic carbocycles. The van der Waals surface area contributed by atoms with Crippen LogP contribution in [0.4, 0.5) is 0 Å². The van der Waals surface area contributed by atoms with Crippen molar-refractivity contribution in [1.82, 2.24) is 10.2 Å². The Kier molecular flexibility index (Phi) is 6.08. The summed E-state index contributed by atoms with van der Waals surface area (Å²) in [4.78, 5) is 15.0. The number of piperidine rings is 1. The summed E-state index contributed by atoms with van der Waals surface area (Å²) in [6.07, 6.45) is 4.99. The van der Waals surface area contributed by atoms with Crippen molar-refractivity contribution in [3.8, 4) is 0 Å². The predicted octanol–water partition coefficient (Wildman–Crippen LogP) is 3.35. The van der Waals surface area contributed by atoms with Crippen molar-refractivity contribution in [1.29, 1.82) is 0 Å². The zero-order chi connectivity index (χ0) is 19.3. The summed E-state index contributed by atoms with van der Waals surface area (Å²) in [5, 5.41) is 13.6. The molecule has 4 heteroatoms. The fourth-order valence-electron chi connectivity index (χ4n) is 4.56. The molecule has 2 N–H and O–H groups in total. The van der Waals surface area contributed by atoms with E-state index in [4.69, 9.17) is 0 Å². The predicted molar refractivity (Wildman–Crippen MR) is 111 cm³/mol. The Labute approximate surface area is 167 Å². The molecular weight excluding hydrogens is 348 g/mol. The molecule has 0 aromatic heterocycles. The van der Waals surface area contributed by atoms with Crippen molar-refractivity contribution >= 4 is 5.91 Å². The number of hydrogen-bond acceptors (Lipinski definition) is 3. The van der Waals surface area contributed by atoms with E-state index in [1.165, 1.54) is 11.1 Å². The lowest BCUT2D eigenvalue weighted by molar-refractivity contribution is 0.0851. The Hall–Kier alpha value is -2.17. The number of carbonyl (C=O) groups excluding carboxylic acids is 1. The molecule has 148 valence electrons. The Balaban J connectivity index is 1.23. The lowest BCUT2D eigenvalue weighted by Crippen LogP contribution is -2.40. The molecule has 0 bridgehead atoms. The number of amides is 1. The van der Waals surface area contributed by atoms with Crippen LogP contribution in [0.3, 0.4) is 0 Å². The zero-order valence-corrected chi connectivity index (χ0v) is 16.4. The third-order valence-corrected chi connectivity index (χ3v) is 6.26. The molecule has 4 rings (SSSR count). The van der Waals surface area contributed by atoms with E-state index in [0.29, 0.717) is 12.5 Å². The van der Waals surface area contributed by atoms with Gasteiger partial charge in [0.25, 0.3) is 5.91 Å². The van der Waals surface area contributed by atoms with Gasteiger partial charge in [0.15, 0.2) is 0 Å². The van der Waals surface area contributed by atoms with Crippen molar-refractivity contribution in [3.63, 3.8) is 0 Å². The van der Waals surface area contributed by atoms with Crippen LogP contribution in [0.5, 0.6) is 0 Å². The summed E-state index contributed by atoms with van der Waals surface area (Å²) in [5.41, 5.74) is 4.45. The smallest absolute Gasteiger partial charge is 0.251 e. The Morgan fingerprint density at radius 3 is 2.64 bits per heavy atom. The first-order valence-corrected chi connectivity index (χ1v) is 10.5. The van der Waals surface area contributed by atoms with Crippen LogP contribution < -0.4 is 5.32 Å². The van der Waals surface area contributed by atoms with E-state index in [2.05, 4.69) is 16.3 Å². The number of hydrogen-bond donors (Lipinski definition) is 2. The first kappa shape index (κ1) is 19.2. The number of rotatable bonds is 6. The number of aliphatic hydroxyl groups is 1. The average molecular weight is 379 g/mol. The summed E-state index contributed by atoms with van der Waals surface area (Å²) in [6.45, 7) is 3.38. The summed E-state index contributed by atoms with van der Waals surface area (Å²) in [5.74, 6) is 0.603. The fraction of sp³-hybridized carbons (Fsp3) is 0.458. The molecule has 28 heavy (non-hydrogen) atoms. The second-order valence-electron chi connectivity index (χ2n) is 8.18. The molecule has 1 aliphatic heterocycles. The highest BCUT2D eigenvalue weighted by molar-refractivity contribution is 5.96. The number of benzene rings is 2. The van der Waals surface area contributed by atoms with E-state index in [0.717, 1.165) is 62.9 Å². The first-order valence-electron chi connectivity index (χ1n) is 10.5. The van der Waals surface area contributed by atoms with Gasteiger partial charge in [-0.05, 0) is 73.9 Å².